The molecule has 2 nitrogen and oxygen atoms in total. The molecule has 0 spiro atoms. The lowest BCUT2D eigenvalue weighted by atomic mass is 10.2. The molecule has 0 aromatic heterocycles. The zero-order valence-corrected chi connectivity index (χ0v) is 8.73. The summed E-state index contributed by atoms with van der Waals surface area (Å²) in [5, 5.41) is 2.85. The van der Waals surface area contributed by atoms with Gasteiger partial charge in [-0.3, -0.25) is 4.79 Å². The molecule has 0 aliphatic heterocycles. The van der Waals surface area contributed by atoms with Gasteiger partial charge in [0.15, 0.2) is 0 Å². The minimum absolute atomic E-state index is 0.121. The Balaban J connectivity index is 2.86. The third kappa shape index (κ3) is 2.70. The van der Waals surface area contributed by atoms with Crippen LogP contribution >= 0.6 is 11.6 Å². The zero-order chi connectivity index (χ0) is 10.7. The van der Waals surface area contributed by atoms with Crippen LogP contribution in [0.2, 0.25) is 5.02 Å². The second-order valence-electron chi connectivity index (χ2n) is 3.27. The summed E-state index contributed by atoms with van der Waals surface area (Å²) in [4.78, 5) is 11.3. The van der Waals surface area contributed by atoms with Crippen LogP contribution in [0.25, 0.3) is 0 Å². The van der Waals surface area contributed by atoms with E-state index in [1.54, 1.807) is 13.8 Å². The maximum absolute atomic E-state index is 13.1. The van der Waals surface area contributed by atoms with E-state index in [2.05, 4.69) is 5.32 Å². The van der Waals surface area contributed by atoms with Crippen LogP contribution in [0.3, 0.4) is 0 Å². The number of amides is 1. The molecule has 0 aliphatic carbocycles. The van der Waals surface area contributed by atoms with Gasteiger partial charge >= 0.3 is 0 Å². The Kier molecular flexibility index (Phi) is 3.47. The second-order valence-corrected chi connectivity index (χ2v) is 3.70. The first-order valence-corrected chi connectivity index (χ1v) is 4.64. The van der Waals surface area contributed by atoms with Gasteiger partial charge < -0.3 is 5.32 Å². The number of halogens is 2. The quantitative estimate of drug-likeness (QED) is 0.807. The Hall–Kier alpha value is -1.09. The highest BCUT2D eigenvalue weighted by molar-refractivity contribution is 6.30. The molecule has 76 valence electrons. The van der Waals surface area contributed by atoms with Crippen LogP contribution in [-0.2, 0) is 4.79 Å². The molecule has 1 amide bonds. The van der Waals surface area contributed by atoms with Gasteiger partial charge in [0.05, 0.1) is 5.69 Å². The van der Waals surface area contributed by atoms with Crippen LogP contribution in [0.1, 0.15) is 13.8 Å². The largest absolute Gasteiger partial charge is 0.323 e. The van der Waals surface area contributed by atoms with Crippen LogP contribution in [0, 0.1) is 11.7 Å². The summed E-state index contributed by atoms with van der Waals surface area (Å²) >= 11 is 5.66. The molecule has 1 rings (SSSR count). The lowest BCUT2D eigenvalue weighted by Crippen LogP contribution is -2.18. The van der Waals surface area contributed by atoms with Crippen molar-refractivity contribution in [2.24, 2.45) is 5.92 Å². The first-order chi connectivity index (χ1) is 6.50. The number of nitrogens with one attached hydrogen (secondary N) is 1. The van der Waals surface area contributed by atoms with E-state index < -0.39 is 5.82 Å². The van der Waals surface area contributed by atoms with Crippen molar-refractivity contribution in [1.82, 2.24) is 0 Å². The molecule has 0 saturated carbocycles. The SMILES string of the molecule is CC(C)C(=O)Nc1cc(Cl)ccc1F. The number of anilines is 1. The highest BCUT2D eigenvalue weighted by Gasteiger charge is 2.10. The summed E-state index contributed by atoms with van der Waals surface area (Å²) in [6, 6.07) is 4.04. The van der Waals surface area contributed by atoms with Crippen molar-refractivity contribution in [3.63, 3.8) is 0 Å². The van der Waals surface area contributed by atoms with Crippen molar-refractivity contribution in [2.45, 2.75) is 13.8 Å². The van der Waals surface area contributed by atoms with Gasteiger partial charge in [-0.05, 0) is 18.2 Å². The Morgan fingerprint density at radius 1 is 1.50 bits per heavy atom. The van der Waals surface area contributed by atoms with Gasteiger partial charge in [-0.1, -0.05) is 25.4 Å². The molecule has 1 N–H and O–H groups in total. The van der Waals surface area contributed by atoms with Crippen molar-refractivity contribution in [1.29, 1.82) is 0 Å². The fraction of sp³-hybridized carbons (Fsp3) is 0.300. The van der Waals surface area contributed by atoms with E-state index in [4.69, 9.17) is 11.6 Å². The highest BCUT2D eigenvalue weighted by Crippen LogP contribution is 2.19. The minimum Gasteiger partial charge on any atom is -0.323 e. The Labute approximate surface area is 87.1 Å². The van der Waals surface area contributed by atoms with E-state index in [1.165, 1.54) is 18.2 Å². The van der Waals surface area contributed by atoms with Crippen LogP contribution < -0.4 is 5.32 Å². The van der Waals surface area contributed by atoms with Crippen LogP contribution in [0.15, 0.2) is 18.2 Å². The van der Waals surface area contributed by atoms with Gasteiger partial charge in [0.1, 0.15) is 5.82 Å². The van der Waals surface area contributed by atoms with Crippen molar-refractivity contribution >= 4 is 23.2 Å². The minimum atomic E-state index is -0.483. The molecule has 0 unspecified atom stereocenters. The Morgan fingerprint density at radius 3 is 2.71 bits per heavy atom. The van der Waals surface area contributed by atoms with Gasteiger partial charge in [-0.25, -0.2) is 4.39 Å². The van der Waals surface area contributed by atoms with E-state index in [1.807, 2.05) is 0 Å². The van der Waals surface area contributed by atoms with Crippen LogP contribution in [0.5, 0.6) is 0 Å². The van der Waals surface area contributed by atoms with Gasteiger partial charge in [-0.2, -0.15) is 0 Å². The lowest BCUT2D eigenvalue weighted by molar-refractivity contribution is -0.118. The lowest BCUT2D eigenvalue weighted by Gasteiger charge is -2.08. The average molecular weight is 216 g/mol. The predicted octanol–water partition coefficient (Wildman–Crippen LogP) is 3.07. The molecule has 0 heterocycles. The third-order valence-corrected chi connectivity index (χ3v) is 1.95. The number of benzene rings is 1. The van der Waals surface area contributed by atoms with Crippen LogP contribution in [0.4, 0.5) is 10.1 Å². The normalized spacial score (nSPS) is 10.4. The van der Waals surface area contributed by atoms with Crippen molar-refractivity contribution in [2.75, 3.05) is 5.32 Å². The number of hydrogen-bond acceptors (Lipinski definition) is 1. The molecule has 0 aliphatic rings. The molecule has 0 bridgehead atoms. The third-order valence-electron chi connectivity index (χ3n) is 1.71. The standard InChI is InChI=1S/C10H11ClFNO/c1-6(2)10(14)13-9-5-7(11)3-4-8(9)12/h3-6H,1-2H3,(H,13,14). The second kappa shape index (κ2) is 4.42. The van der Waals surface area contributed by atoms with Gasteiger partial charge in [0, 0.05) is 10.9 Å². The first-order valence-electron chi connectivity index (χ1n) is 4.26. The van der Waals surface area contributed by atoms with Gasteiger partial charge in [0.2, 0.25) is 5.91 Å². The molecule has 0 atom stereocenters. The number of rotatable bonds is 2. The van der Waals surface area contributed by atoms with Gasteiger partial charge in [-0.15, -0.1) is 0 Å². The molecule has 0 radical (unpaired) electrons. The number of hydrogen-bond donors (Lipinski definition) is 1. The summed E-state index contributed by atoms with van der Waals surface area (Å²) in [5.41, 5.74) is 0.121. The Bertz CT molecular complexity index is 352. The van der Waals surface area contributed by atoms with E-state index in [-0.39, 0.29) is 17.5 Å². The molecular formula is C10H11ClFNO. The molecule has 4 heteroatoms. The molecule has 0 fully saturated rings. The van der Waals surface area contributed by atoms with E-state index >= 15 is 0 Å². The van der Waals surface area contributed by atoms with Gasteiger partial charge in [0.25, 0.3) is 0 Å². The molecular weight excluding hydrogens is 205 g/mol. The molecule has 14 heavy (non-hydrogen) atoms. The van der Waals surface area contributed by atoms with Crippen molar-refractivity contribution in [3.8, 4) is 0 Å². The fourth-order valence-electron chi connectivity index (χ4n) is 0.870. The van der Waals surface area contributed by atoms with E-state index in [9.17, 15) is 9.18 Å². The monoisotopic (exact) mass is 215 g/mol. The summed E-state index contributed by atoms with van der Waals surface area (Å²) in [6.07, 6.45) is 0. The summed E-state index contributed by atoms with van der Waals surface area (Å²) in [5.74, 6) is -0.900. The number of carbonyl (C=O) groups is 1. The smallest absolute Gasteiger partial charge is 0.227 e. The van der Waals surface area contributed by atoms with Crippen molar-refractivity contribution < 1.29 is 9.18 Å². The maximum Gasteiger partial charge on any atom is 0.227 e. The average Bonchev–Trinajstić information content (AvgIpc) is 2.11. The molecule has 0 saturated heterocycles. The van der Waals surface area contributed by atoms with Crippen molar-refractivity contribution in [3.05, 3.63) is 29.0 Å². The topological polar surface area (TPSA) is 29.1 Å². The van der Waals surface area contributed by atoms with E-state index in [0.717, 1.165) is 0 Å². The van der Waals surface area contributed by atoms with Crippen LogP contribution in [-0.4, -0.2) is 5.91 Å². The summed E-state index contributed by atoms with van der Waals surface area (Å²) in [7, 11) is 0. The Morgan fingerprint density at radius 2 is 2.14 bits per heavy atom. The summed E-state index contributed by atoms with van der Waals surface area (Å²) < 4.78 is 13.1. The zero-order valence-electron chi connectivity index (χ0n) is 7.97. The number of carbonyl (C=O) groups excluding carboxylic acids is 1. The predicted molar refractivity (Wildman–Crippen MR) is 54.9 cm³/mol. The fourth-order valence-corrected chi connectivity index (χ4v) is 1.04. The first kappa shape index (κ1) is 11.0. The maximum atomic E-state index is 13.1. The summed E-state index contributed by atoms with van der Waals surface area (Å²) in [6.45, 7) is 3.47. The highest BCUT2D eigenvalue weighted by atomic mass is 35.5. The molecule has 1 aromatic carbocycles. The van der Waals surface area contributed by atoms with E-state index in [0.29, 0.717) is 5.02 Å². The molecule has 1 aromatic rings.